The van der Waals surface area contributed by atoms with Gasteiger partial charge < -0.3 is 20.1 Å². The number of aliphatic carboxylic acids is 1. The maximum Gasteiger partial charge on any atom is 0.410 e. The average molecular weight is 355 g/mol. The van der Waals surface area contributed by atoms with E-state index < -0.39 is 18.1 Å². The maximum atomic E-state index is 12.6. The number of carbonyl (C=O) groups excluding carboxylic acids is 2. The van der Waals surface area contributed by atoms with Crippen LogP contribution in [0.3, 0.4) is 0 Å². The zero-order valence-electron chi connectivity index (χ0n) is 15.4. The fraction of sp³-hybridized carbons (Fsp3) is 0.824. The van der Waals surface area contributed by atoms with Crippen molar-refractivity contribution in [2.24, 2.45) is 11.3 Å². The molecule has 0 aromatic carbocycles. The molecule has 0 spiro atoms. The van der Waals surface area contributed by atoms with Crippen molar-refractivity contribution in [3.05, 3.63) is 0 Å². The number of likely N-dealkylation sites (tertiary alicyclic amines) is 2. The Bertz CT molecular complexity index is 531. The van der Waals surface area contributed by atoms with E-state index in [1.54, 1.807) is 11.9 Å². The number of hydrogen-bond donors (Lipinski definition) is 2. The normalized spacial score (nSPS) is 26.2. The predicted octanol–water partition coefficient (Wildman–Crippen LogP) is 1.75. The molecule has 3 amide bonds. The summed E-state index contributed by atoms with van der Waals surface area (Å²) in [5.74, 6) is -0.939. The summed E-state index contributed by atoms with van der Waals surface area (Å²) in [7, 11) is 1.56. The van der Waals surface area contributed by atoms with Crippen LogP contribution >= 0.6 is 0 Å². The summed E-state index contributed by atoms with van der Waals surface area (Å²) in [6.45, 7) is 7.31. The van der Waals surface area contributed by atoms with Crippen molar-refractivity contribution in [2.45, 2.75) is 52.1 Å². The first-order chi connectivity index (χ1) is 11.6. The van der Waals surface area contributed by atoms with Gasteiger partial charge in [0.15, 0.2) is 0 Å². The van der Waals surface area contributed by atoms with Crippen LogP contribution in [0.1, 0.15) is 40.0 Å². The van der Waals surface area contributed by atoms with Crippen LogP contribution in [0.25, 0.3) is 0 Å². The number of carboxylic acid groups (broad SMARTS) is 1. The van der Waals surface area contributed by atoms with Gasteiger partial charge in [-0.05, 0) is 30.6 Å². The molecule has 8 nitrogen and oxygen atoms in total. The molecule has 0 radical (unpaired) electrons. The highest BCUT2D eigenvalue weighted by Gasteiger charge is 2.50. The molecular formula is C17H29N3O5. The van der Waals surface area contributed by atoms with E-state index >= 15 is 0 Å². The fourth-order valence-electron chi connectivity index (χ4n) is 3.55. The van der Waals surface area contributed by atoms with E-state index in [9.17, 15) is 19.5 Å². The molecule has 3 atom stereocenters. The van der Waals surface area contributed by atoms with Crippen molar-refractivity contribution in [3.8, 4) is 0 Å². The van der Waals surface area contributed by atoms with Crippen molar-refractivity contribution in [2.75, 3.05) is 26.7 Å². The van der Waals surface area contributed by atoms with E-state index in [1.165, 1.54) is 4.90 Å². The second kappa shape index (κ2) is 7.49. The number of hydrogen-bond acceptors (Lipinski definition) is 4. The van der Waals surface area contributed by atoms with E-state index in [0.29, 0.717) is 32.4 Å². The average Bonchev–Trinajstić information content (AvgIpc) is 2.91. The van der Waals surface area contributed by atoms with Gasteiger partial charge in [0.25, 0.3) is 0 Å². The standard InChI is InChI=1S/C17H29N3O5/c1-17(2,3)6-8-25-16(24)20-12(14(21)22)9-11-5-7-19(10-13(11)20)15(23)18-4/h11-13H,5-10H2,1-4H3,(H,18,23)(H,21,22)/t11-,12-,13+/m1/s1. The van der Waals surface area contributed by atoms with Crippen LogP contribution < -0.4 is 5.32 Å². The van der Waals surface area contributed by atoms with Crippen LogP contribution in [0.5, 0.6) is 0 Å². The first-order valence-electron chi connectivity index (χ1n) is 8.78. The molecule has 2 N–H and O–H groups in total. The zero-order valence-corrected chi connectivity index (χ0v) is 15.4. The topological polar surface area (TPSA) is 99.2 Å². The second-order valence-electron chi connectivity index (χ2n) is 8.04. The number of amides is 3. The van der Waals surface area contributed by atoms with E-state index in [-0.39, 0.29) is 30.0 Å². The van der Waals surface area contributed by atoms with Gasteiger partial charge in [-0.15, -0.1) is 0 Å². The van der Waals surface area contributed by atoms with E-state index in [4.69, 9.17) is 4.74 Å². The van der Waals surface area contributed by atoms with Crippen molar-refractivity contribution in [1.29, 1.82) is 0 Å². The first-order valence-corrected chi connectivity index (χ1v) is 8.78. The fourth-order valence-corrected chi connectivity index (χ4v) is 3.55. The lowest BCUT2D eigenvalue weighted by molar-refractivity contribution is -0.142. The summed E-state index contributed by atoms with van der Waals surface area (Å²) in [6.07, 6.45) is 1.20. The number of carboxylic acids is 1. The molecular weight excluding hydrogens is 326 g/mol. The number of nitrogens with zero attached hydrogens (tertiary/aromatic N) is 2. The highest BCUT2D eigenvalue weighted by molar-refractivity contribution is 5.81. The Morgan fingerprint density at radius 3 is 2.52 bits per heavy atom. The van der Waals surface area contributed by atoms with Gasteiger partial charge in [-0.25, -0.2) is 14.4 Å². The molecule has 0 aliphatic carbocycles. The number of urea groups is 1. The van der Waals surface area contributed by atoms with Gasteiger partial charge in [-0.1, -0.05) is 20.8 Å². The molecule has 142 valence electrons. The summed E-state index contributed by atoms with van der Waals surface area (Å²) >= 11 is 0. The predicted molar refractivity (Wildman–Crippen MR) is 91.2 cm³/mol. The lowest BCUT2D eigenvalue weighted by Crippen LogP contribution is -2.55. The van der Waals surface area contributed by atoms with E-state index in [1.807, 2.05) is 0 Å². The Kier molecular flexibility index (Phi) is 5.80. The molecule has 2 rings (SSSR count). The SMILES string of the molecule is CNC(=O)N1CC[C@@H]2C[C@H](C(=O)O)N(C(=O)OCCC(C)(C)C)[C@H]2C1. The minimum atomic E-state index is -1.02. The third-order valence-corrected chi connectivity index (χ3v) is 5.02. The van der Waals surface area contributed by atoms with Gasteiger partial charge >= 0.3 is 18.1 Å². The van der Waals surface area contributed by atoms with Crippen molar-refractivity contribution < 1.29 is 24.2 Å². The van der Waals surface area contributed by atoms with Crippen LogP contribution in [-0.4, -0.2) is 71.8 Å². The minimum Gasteiger partial charge on any atom is -0.480 e. The van der Waals surface area contributed by atoms with Crippen molar-refractivity contribution in [3.63, 3.8) is 0 Å². The van der Waals surface area contributed by atoms with Gasteiger partial charge in [0, 0.05) is 20.1 Å². The molecule has 2 aliphatic heterocycles. The van der Waals surface area contributed by atoms with Crippen LogP contribution in [0.4, 0.5) is 9.59 Å². The minimum absolute atomic E-state index is 0.0286. The molecule has 2 fully saturated rings. The Morgan fingerprint density at radius 1 is 1.28 bits per heavy atom. The molecule has 0 unspecified atom stereocenters. The highest BCUT2D eigenvalue weighted by Crippen LogP contribution is 2.36. The van der Waals surface area contributed by atoms with Crippen molar-refractivity contribution >= 4 is 18.1 Å². The molecule has 8 heteroatoms. The third kappa shape index (κ3) is 4.55. The van der Waals surface area contributed by atoms with Crippen LogP contribution in [-0.2, 0) is 9.53 Å². The molecule has 2 saturated heterocycles. The summed E-state index contributed by atoms with van der Waals surface area (Å²) in [5.41, 5.74) is 0.0286. The Hall–Kier alpha value is -1.99. The van der Waals surface area contributed by atoms with Gasteiger partial charge in [0.1, 0.15) is 6.04 Å². The summed E-state index contributed by atoms with van der Waals surface area (Å²) in [6, 6.07) is -1.41. The monoisotopic (exact) mass is 355 g/mol. The molecule has 2 aliphatic rings. The molecule has 0 bridgehead atoms. The van der Waals surface area contributed by atoms with Crippen LogP contribution in [0.15, 0.2) is 0 Å². The number of fused-ring (bicyclic) bond motifs is 1. The maximum absolute atomic E-state index is 12.6. The van der Waals surface area contributed by atoms with Crippen LogP contribution in [0, 0.1) is 11.3 Å². The molecule has 0 aromatic heterocycles. The number of rotatable bonds is 3. The highest BCUT2D eigenvalue weighted by atomic mass is 16.6. The number of piperidine rings is 1. The molecule has 0 saturated carbocycles. The quantitative estimate of drug-likeness (QED) is 0.803. The molecule has 2 heterocycles. The smallest absolute Gasteiger partial charge is 0.410 e. The number of nitrogens with one attached hydrogen (secondary N) is 1. The summed E-state index contributed by atoms with van der Waals surface area (Å²) < 4.78 is 5.36. The number of ether oxygens (including phenoxy) is 1. The first kappa shape index (κ1) is 19.3. The second-order valence-corrected chi connectivity index (χ2v) is 8.04. The van der Waals surface area contributed by atoms with E-state index in [0.717, 1.165) is 0 Å². The number of carbonyl (C=O) groups is 3. The van der Waals surface area contributed by atoms with Crippen molar-refractivity contribution in [1.82, 2.24) is 15.1 Å². The van der Waals surface area contributed by atoms with Gasteiger partial charge in [-0.3, -0.25) is 4.90 Å². The zero-order chi connectivity index (χ0) is 18.8. The third-order valence-electron chi connectivity index (χ3n) is 5.02. The van der Waals surface area contributed by atoms with Gasteiger partial charge in [-0.2, -0.15) is 0 Å². The van der Waals surface area contributed by atoms with E-state index in [2.05, 4.69) is 26.1 Å². The van der Waals surface area contributed by atoms with Gasteiger partial charge in [0.05, 0.1) is 12.6 Å². The molecule has 0 aromatic rings. The van der Waals surface area contributed by atoms with Gasteiger partial charge in [0.2, 0.25) is 0 Å². The lowest BCUT2D eigenvalue weighted by atomic mass is 9.91. The van der Waals surface area contributed by atoms with Crippen LogP contribution in [0.2, 0.25) is 0 Å². The summed E-state index contributed by atoms with van der Waals surface area (Å²) in [4.78, 5) is 39.0. The lowest BCUT2D eigenvalue weighted by Gasteiger charge is -2.38. The Labute approximate surface area is 148 Å². The largest absolute Gasteiger partial charge is 0.480 e. The Balaban J connectivity index is 2.09. The Morgan fingerprint density at radius 2 is 1.96 bits per heavy atom. The molecule has 25 heavy (non-hydrogen) atoms. The summed E-state index contributed by atoms with van der Waals surface area (Å²) in [5, 5.41) is 12.1.